The molecule has 1 unspecified atom stereocenters. The highest BCUT2D eigenvalue weighted by Gasteiger charge is 2.17. The second-order valence-corrected chi connectivity index (χ2v) is 4.59. The summed E-state index contributed by atoms with van der Waals surface area (Å²) in [4.78, 5) is 4.53. The van der Waals surface area contributed by atoms with Crippen molar-refractivity contribution in [1.82, 2.24) is 9.55 Å². The Hall–Kier alpha value is -1.59. The molecule has 1 fully saturated rings. The molecule has 2 aromatic rings. The zero-order chi connectivity index (χ0) is 12.5. The van der Waals surface area contributed by atoms with Crippen LogP contribution in [0.5, 0.6) is 0 Å². The molecule has 3 rings (SSSR count). The molecule has 2 N–H and O–H groups in total. The average molecular weight is 247 g/mol. The van der Waals surface area contributed by atoms with E-state index in [4.69, 9.17) is 15.2 Å². The Bertz CT molecular complexity index is 559. The third-order valence-corrected chi connectivity index (χ3v) is 3.23. The molecule has 0 bridgehead atoms. The molecule has 96 valence electrons. The van der Waals surface area contributed by atoms with Gasteiger partial charge < -0.3 is 19.8 Å². The summed E-state index contributed by atoms with van der Waals surface area (Å²) in [5.74, 6) is 0.977. The van der Waals surface area contributed by atoms with E-state index in [1.165, 1.54) is 0 Å². The molecule has 1 aliphatic rings. The van der Waals surface area contributed by atoms with E-state index in [0.717, 1.165) is 29.1 Å². The van der Waals surface area contributed by atoms with Crippen molar-refractivity contribution in [2.24, 2.45) is 0 Å². The summed E-state index contributed by atoms with van der Waals surface area (Å²) in [5, 5.41) is 0. The Balaban J connectivity index is 1.92. The van der Waals surface area contributed by atoms with Gasteiger partial charge in [0.2, 0.25) is 0 Å². The number of nitrogen functional groups attached to an aromatic ring is 1. The number of fused-ring (bicyclic) bond motifs is 1. The molecule has 18 heavy (non-hydrogen) atoms. The van der Waals surface area contributed by atoms with E-state index < -0.39 is 0 Å². The highest BCUT2D eigenvalue weighted by molar-refractivity contribution is 5.79. The first-order valence-corrected chi connectivity index (χ1v) is 6.16. The number of aryl methyl sites for hydroxylation is 1. The highest BCUT2D eigenvalue weighted by atomic mass is 16.6. The van der Waals surface area contributed by atoms with Crippen LogP contribution in [0, 0.1) is 6.92 Å². The summed E-state index contributed by atoms with van der Waals surface area (Å²) in [6, 6.07) is 5.81. The summed E-state index contributed by atoms with van der Waals surface area (Å²) < 4.78 is 13.3. The normalized spacial score (nSPS) is 20.4. The lowest BCUT2D eigenvalue weighted by molar-refractivity contribution is -0.0933. The zero-order valence-electron chi connectivity index (χ0n) is 10.4. The van der Waals surface area contributed by atoms with E-state index >= 15 is 0 Å². The second kappa shape index (κ2) is 4.59. The minimum atomic E-state index is 0.104. The molecule has 0 saturated carbocycles. The lowest BCUT2D eigenvalue weighted by Crippen LogP contribution is -2.32. The maximum Gasteiger partial charge on any atom is 0.106 e. The van der Waals surface area contributed by atoms with Gasteiger partial charge in [-0.25, -0.2) is 4.98 Å². The van der Waals surface area contributed by atoms with Crippen LogP contribution in [0.1, 0.15) is 5.82 Å². The van der Waals surface area contributed by atoms with Crippen LogP contribution in [0.15, 0.2) is 18.2 Å². The van der Waals surface area contributed by atoms with Crippen molar-refractivity contribution >= 4 is 16.7 Å². The Morgan fingerprint density at radius 2 is 2.33 bits per heavy atom. The average Bonchev–Trinajstić information content (AvgIpc) is 2.66. The largest absolute Gasteiger partial charge is 0.399 e. The Morgan fingerprint density at radius 1 is 1.44 bits per heavy atom. The van der Waals surface area contributed by atoms with Gasteiger partial charge in [0.05, 0.1) is 43.5 Å². The molecule has 1 aromatic carbocycles. The van der Waals surface area contributed by atoms with Crippen LogP contribution in [-0.4, -0.2) is 35.5 Å². The van der Waals surface area contributed by atoms with Crippen molar-refractivity contribution in [2.75, 3.05) is 25.6 Å². The first kappa shape index (κ1) is 11.5. The van der Waals surface area contributed by atoms with Gasteiger partial charge in [0.25, 0.3) is 0 Å². The van der Waals surface area contributed by atoms with Crippen LogP contribution in [-0.2, 0) is 16.0 Å². The van der Waals surface area contributed by atoms with E-state index in [2.05, 4.69) is 9.55 Å². The molecule has 1 saturated heterocycles. The Morgan fingerprint density at radius 3 is 3.11 bits per heavy atom. The fourth-order valence-electron chi connectivity index (χ4n) is 2.34. The summed E-state index contributed by atoms with van der Waals surface area (Å²) >= 11 is 0. The molecule has 0 radical (unpaired) electrons. The van der Waals surface area contributed by atoms with E-state index in [-0.39, 0.29) is 6.10 Å². The maximum atomic E-state index is 5.77. The number of ether oxygens (including phenoxy) is 2. The molecule has 0 amide bonds. The van der Waals surface area contributed by atoms with Crippen LogP contribution in [0.25, 0.3) is 11.0 Å². The minimum absolute atomic E-state index is 0.104. The molecule has 0 spiro atoms. The molecule has 0 aliphatic carbocycles. The number of hydrogen-bond donors (Lipinski definition) is 1. The second-order valence-electron chi connectivity index (χ2n) is 4.59. The van der Waals surface area contributed by atoms with Gasteiger partial charge >= 0.3 is 0 Å². The van der Waals surface area contributed by atoms with Crippen molar-refractivity contribution in [1.29, 1.82) is 0 Å². The summed E-state index contributed by atoms with van der Waals surface area (Å²) in [7, 11) is 0. The van der Waals surface area contributed by atoms with E-state index in [1.54, 1.807) is 0 Å². The third-order valence-electron chi connectivity index (χ3n) is 3.23. The topological polar surface area (TPSA) is 62.3 Å². The van der Waals surface area contributed by atoms with Crippen molar-refractivity contribution in [2.45, 2.75) is 19.6 Å². The monoisotopic (exact) mass is 247 g/mol. The van der Waals surface area contributed by atoms with E-state index in [0.29, 0.717) is 19.8 Å². The van der Waals surface area contributed by atoms with Crippen LogP contribution in [0.3, 0.4) is 0 Å². The SMILES string of the molecule is Cc1nc2cc(N)ccc2n1CC1COCCO1. The number of nitrogens with two attached hydrogens (primary N) is 1. The Labute approximate surface area is 106 Å². The molecule has 5 heteroatoms. The number of nitrogens with zero attached hydrogens (tertiary/aromatic N) is 2. The predicted molar refractivity (Wildman–Crippen MR) is 69.4 cm³/mol. The van der Waals surface area contributed by atoms with Gasteiger partial charge in [0.15, 0.2) is 0 Å². The van der Waals surface area contributed by atoms with Gasteiger partial charge in [-0.1, -0.05) is 0 Å². The van der Waals surface area contributed by atoms with Crippen molar-refractivity contribution in [3.63, 3.8) is 0 Å². The lowest BCUT2D eigenvalue weighted by Gasteiger charge is -2.24. The van der Waals surface area contributed by atoms with Crippen LogP contribution >= 0.6 is 0 Å². The lowest BCUT2D eigenvalue weighted by atomic mass is 10.2. The zero-order valence-corrected chi connectivity index (χ0v) is 10.4. The summed E-state index contributed by atoms with van der Waals surface area (Å²) in [6.07, 6.45) is 0.104. The van der Waals surface area contributed by atoms with E-state index in [9.17, 15) is 0 Å². The fourth-order valence-corrected chi connectivity index (χ4v) is 2.34. The first-order chi connectivity index (χ1) is 8.74. The number of benzene rings is 1. The van der Waals surface area contributed by atoms with Gasteiger partial charge in [0, 0.05) is 5.69 Å². The van der Waals surface area contributed by atoms with Crippen LogP contribution in [0.4, 0.5) is 5.69 Å². The third kappa shape index (κ3) is 2.07. The molecular weight excluding hydrogens is 230 g/mol. The number of aromatic nitrogens is 2. The smallest absolute Gasteiger partial charge is 0.106 e. The first-order valence-electron chi connectivity index (χ1n) is 6.16. The maximum absolute atomic E-state index is 5.77. The standard InChI is InChI=1S/C13H17N3O2/c1-9-15-12-6-10(14)2-3-13(12)16(9)7-11-8-17-4-5-18-11/h2-3,6,11H,4-5,7-8,14H2,1H3. The fraction of sp³-hybridized carbons (Fsp3) is 0.462. The van der Waals surface area contributed by atoms with Gasteiger partial charge in [-0.2, -0.15) is 0 Å². The molecule has 5 nitrogen and oxygen atoms in total. The van der Waals surface area contributed by atoms with Crippen molar-refractivity contribution in [3.05, 3.63) is 24.0 Å². The van der Waals surface area contributed by atoms with Gasteiger partial charge in [-0.05, 0) is 25.1 Å². The van der Waals surface area contributed by atoms with Gasteiger partial charge in [0.1, 0.15) is 5.82 Å². The minimum Gasteiger partial charge on any atom is -0.399 e. The quantitative estimate of drug-likeness (QED) is 0.813. The summed E-state index contributed by atoms with van der Waals surface area (Å²) in [6.45, 7) is 4.78. The molecule has 1 aliphatic heterocycles. The molecule has 1 aromatic heterocycles. The number of imidazole rings is 1. The molecular formula is C13H17N3O2. The number of anilines is 1. The highest BCUT2D eigenvalue weighted by Crippen LogP contribution is 2.20. The molecule has 1 atom stereocenters. The van der Waals surface area contributed by atoms with Crippen molar-refractivity contribution in [3.8, 4) is 0 Å². The number of hydrogen-bond acceptors (Lipinski definition) is 4. The van der Waals surface area contributed by atoms with Crippen LogP contribution in [0.2, 0.25) is 0 Å². The van der Waals surface area contributed by atoms with Gasteiger partial charge in [-0.3, -0.25) is 0 Å². The van der Waals surface area contributed by atoms with Gasteiger partial charge in [-0.15, -0.1) is 0 Å². The molecule has 2 heterocycles. The number of rotatable bonds is 2. The summed E-state index contributed by atoms with van der Waals surface area (Å²) in [5.41, 5.74) is 8.54. The van der Waals surface area contributed by atoms with Crippen molar-refractivity contribution < 1.29 is 9.47 Å². The van der Waals surface area contributed by atoms with E-state index in [1.807, 2.05) is 25.1 Å². The predicted octanol–water partition coefficient (Wildman–Crippen LogP) is 1.34. The van der Waals surface area contributed by atoms with Crippen LogP contribution < -0.4 is 5.73 Å². The Kier molecular flexibility index (Phi) is 2.93.